The number of unbranched alkanes of at least 4 members (excludes halogenated alkanes) is 27. The number of carbonyl (C=O) groups is 1. The summed E-state index contributed by atoms with van der Waals surface area (Å²) >= 11 is 0. The minimum Gasteiger partial charge on any atom is -0.756 e. The van der Waals surface area contributed by atoms with E-state index in [9.17, 15) is 24.5 Å². The molecule has 0 aliphatic carbocycles. The van der Waals surface area contributed by atoms with Crippen molar-refractivity contribution in [2.45, 2.75) is 238 Å². The quantitative estimate of drug-likeness (QED) is 0.0242. The van der Waals surface area contributed by atoms with Gasteiger partial charge in [-0.3, -0.25) is 9.36 Å². The zero-order valence-electron chi connectivity index (χ0n) is 37.5. The summed E-state index contributed by atoms with van der Waals surface area (Å²) < 4.78 is 23.1. The van der Waals surface area contributed by atoms with Crippen molar-refractivity contribution < 1.29 is 38.0 Å². The fraction of sp³-hybridized carbons (Fsp3) is 0.935. The number of quaternary nitrogens is 1. The van der Waals surface area contributed by atoms with Crippen molar-refractivity contribution >= 4 is 13.7 Å². The fourth-order valence-corrected chi connectivity index (χ4v) is 7.74. The number of phosphoric ester groups is 1. The van der Waals surface area contributed by atoms with E-state index >= 15 is 0 Å². The molecule has 0 aromatic carbocycles. The van der Waals surface area contributed by atoms with Crippen LogP contribution in [0.3, 0.4) is 0 Å². The van der Waals surface area contributed by atoms with Crippen LogP contribution in [0.5, 0.6) is 0 Å². The molecule has 0 bridgehead atoms. The molecular weight excluding hydrogens is 723 g/mol. The summed E-state index contributed by atoms with van der Waals surface area (Å²) in [5.41, 5.74) is 0. The van der Waals surface area contributed by atoms with Crippen LogP contribution in [0.1, 0.15) is 219 Å². The van der Waals surface area contributed by atoms with Gasteiger partial charge in [-0.1, -0.05) is 187 Å². The van der Waals surface area contributed by atoms with Gasteiger partial charge in [0, 0.05) is 6.42 Å². The number of rotatable bonds is 43. The highest BCUT2D eigenvalue weighted by Gasteiger charge is 2.29. The van der Waals surface area contributed by atoms with Gasteiger partial charge in [0.25, 0.3) is 7.82 Å². The summed E-state index contributed by atoms with van der Waals surface area (Å²) in [5.74, 6) is -0.285. The van der Waals surface area contributed by atoms with Crippen molar-refractivity contribution in [2.75, 3.05) is 40.9 Å². The van der Waals surface area contributed by atoms with Crippen molar-refractivity contribution in [1.29, 1.82) is 0 Å². The maximum Gasteiger partial charge on any atom is 0.268 e. The minimum atomic E-state index is -4.67. The average Bonchev–Trinajstić information content (AvgIpc) is 3.15. The van der Waals surface area contributed by atoms with E-state index in [4.69, 9.17) is 9.05 Å². The van der Waals surface area contributed by atoms with Gasteiger partial charge in [-0.05, 0) is 38.5 Å². The number of allylic oxidation sites excluding steroid dienone is 2. The Hall–Kier alpha value is -0.800. The molecule has 10 heteroatoms. The fourth-order valence-electron chi connectivity index (χ4n) is 7.02. The van der Waals surface area contributed by atoms with E-state index in [1.54, 1.807) is 0 Å². The third kappa shape index (κ3) is 38.7. The molecule has 0 radical (unpaired) electrons. The highest BCUT2D eigenvalue weighted by Crippen LogP contribution is 2.38. The van der Waals surface area contributed by atoms with Crippen LogP contribution in [0.25, 0.3) is 0 Å². The van der Waals surface area contributed by atoms with Gasteiger partial charge in [0.1, 0.15) is 19.3 Å². The molecule has 0 aromatic rings. The maximum atomic E-state index is 12.9. The topological polar surface area (TPSA) is 128 Å². The van der Waals surface area contributed by atoms with Crippen LogP contribution >= 0.6 is 7.82 Å². The van der Waals surface area contributed by atoms with Crippen LogP contribution < -0.4 is 10.2 Å². The molecule has 0 aliphatic heterocycles. The Morgan fingerprint density at radius 3 is 1.45 bits per heavy atom. The molecule has 9 nitrogen and oxygen atoms in total. The number of nitrogens with one attached hydrogen (secondary N) is 1. The second-order valence-corrected chi connectivity index (χ2v) is 19.0. The number of hydrogen-bond acceptors (Lipinski definition) is 7. The van der Waals surface area contributed by atoms with E-state index < -0.39 is 32.7 Å². The number of phosphoric acid groups is 1. The first kappa shape index (κ1) is 55.2. The standard InChI is InChI=1S/C46H93N2O7P/c1-6-8-10-12-14-16-18-20-21-22-23-24-25-26-27-29-31-33-35-37-39-45(50)47-43(42-55-56(52,53)54-41-40-48(3,4)5)46(51)44(49)38-36-34-32-30-28-19-17-15-13-11-9-7-2/h30,32,43-44,46,49,51H,6-29,31,33-42H2,1-5H3,(H-,47,50,52,53)/b32-30+. The maximum absolute atomic E-state index is 12.9. The molecule has 3 N–H and O–H groups in total. The summed E-state index contributed by atoms with van der Waals surface area (Å²) in [4.78, 5) is 25.4. The molecule has 4 unspecified atom stereocenters. The van der Waals surface area contributed by atoms with Crippen LogP contribution in [0.15, 0.2) is 12.2 Å². The first-order chi connectivity index (χ1) is 26.9. The van der Waals surface area contributed by atoms with E-state index in [2.05, 4.69) is 31.3 Å². The predicted molar refractivity (Wildman–Crippen MR) is 235 cm³/mol. The lowest BCUT2D eigenvalue weighted by Crippen LogP contribution is -2.51. The van der Waals surface area contributed by atoms with Crippen molar-refractivity contribution in [2.24, 2.45) is 0 Å². The normalized spacial score (nSPS) is 14.9. The molecule has 0 rings (SSSR count). The van der Waals surface area contributed by atoms with Gasteiger partial charge in [0.15, 0.2) is 0 Å². The van der Waals surface area contributed by atoms with E-state index in [0.29, 0.717) is 23.9 Å². The van der Waals surface area contributed by atoms with Gasteiger partial charge in [-0.15, -0.1) is 0 Å². The molecule has 0 aromatic heterocycles. The monoisotopic (exact) mass is 817 g/mol. The average molecular weight is 817 g/mol. The van der Waals surface area contributed by atoms with Gasteiger partial charge in [-0.2, -0.15) is 0 Å². The number of likely N-dealkylation sites (N-methyl/N-ethyl adjacent to an activating group) is 1. The number of amides is 1. The molecule has 0 heterocycles. The Balaban J connectivity index is 4.39. The molecule has 0 saturated heterocycles. The van der Waals surface area contributed by atoms with Crippen LogP contribution in [0, 0.1) is 0 Å². The molecule has 56 heavy (non-hydrogen) atoms. The number of aliphatic hydroxyl groups is 2. The van der Waals surface area contributed by atoms with Crippen LogP contribution in [0.2, 0.25) is 0 Å². The second-order valence-electron chi connectivity index (χ2n) is 17.6. The summed E-state index contributed by atoms with van der Waals surface area (Å²) in [7, 11) is 1.12. The number of hydrogen-bond donors (Lipinski definition) is 3. The van der Waals surface area contributed by atoms with E-state index in [-0.39, 0.29) is 18.9 Å². The van der Waals surface area contributed by atoms with Crippen molar-refractivity contribution in [3.8, 4) is 0 Å². The zero-order chi connectivity index (χ0) is 41.6. The number of nitrogens with zero attached hydrogens (tertiary/aromatic N) is 1. The molecule has 0 saturated carbocycles. The molecule has 0 fully saturated rings. The first-order valence-corrected chi connectivity index (χ1v) is 25.1. The van der Waals surface area contributed by atoms with Gasteiger partial charge >= 0.3 is 0 Å². The predicted octanol–water partition coefficient (Wildman–Crippen LogP) is 11.5. The van der Waals surface area contributed by atoms with E-state index in [0.717, 1.165) is 32.1 Å². The van der Waals surface area contributed by atoms with E-state index in [1.165, 1.54) is 154 Å². The lowest BCUT2D eigenvalue weighted by atomic mass is 10.0. The lowest BCUT2D eigenvalue weighted by molar-refractivity contribution is -0.870. The smallest absolute Gasteiger partial charge is 0.268 e. The van der Waals surface area contributed by atoms with Gasteiger partial charge in [-0.25, -0.2) is 0 Å². The summed E-state index contributed by atoms with van der Waals surface area (Å²) in [6.45, 7) is 4.42. The van der Waals surface area contributed by atoms with Gasteiger partial charge in [0.2, 0.25) is 5.91 Å². The van der Waals surface area contributed by atoms with Crippen LogP contribution in [0.4, 0.5) is 0 Å². The largest absolute Gasteiger partial charge is 0.756 e. The van der Waals surface area contributed by atoms with Crippen LogP contribution in [-0.4, -0.2) is 79.8 Å². The van der Waals surface area contributed by atoms with Crippen molar-refractivity contribution in [1.82, 2.24) is 5.32 Å². The van der Waals surface area contributed by atoms with E-state index in [1.807, 2.05) is 21.1 Å². The SMILES string of the molecule is CCCCCCCCC/C=C/CCCC(O)C(O)C(COP(=O)([O-])OCC[N+](C)(C)C)NC(=O)CCCCCCCCCCCCCCCCCCCCCC. The Morgan fingerprint density at radius 1 is 0.625 bits per heavy atom. The Kier molecular flexibility index (Phi) is 37.9. The molecule has 0 aliphatic rings. The van der Waals surface area contributed by atoms with Crippen molar-refractivity contribution in [3.05, 3.63) is 12.2 Å². The number of aliphatic hydroxyl groups excluding tert-OH is 2. The molecular formula is C46H93N2O7P. The minimum absolute atomic E-state index is 0.0433. The Bertz CT molecular complexity index is 945. The molecule has 4 atom stereocenters. The zero-order valence-corrected chi connectivity index (χ0v) is 38.4. The molecule has 334 valence electrons. The Morgan fingerprint density at radius 2 is 1.02 bits per heavy atom. The third-order valence-corrected chi connectivity index (χ3v) is 11.8. The van der Waals surface area contributed by atoms with Gasteiger partial charge < -0.3 is 34.0 Å². The lowest BCUT2D eigenvalue weighted by Gasteiger charge is -2.31. The molecule has 1 amide bonds. The highest BCUT2D eigenvalue weighted by atomic mass is 31.2. The first-order valence-electron chi connectivity index (χ1n) is 23.6. The summed E-state index contributed by atoms with van der Waals surface area (Å²) in [5, 5.41) is 24.6. The third-order valence-electron chi connectivity index (χ3n) is 10.8. The van der Waals surface area contributed by atoms with Gasteiger partial charge in [0.05, 0.1) is 39.9 Å². The number of carbonyl (C=O) groups excluding carboxylic acids is 1. The summed E-state index contributed by atoms with van der Waals surface area (Å²) in [6, 6.07) is -1.08. The summed E-state index contributed by atoms with van der Waals surface area (Å²) in [6.07, 6.45) is 39.7. The van der Waals surface area contributed by atoms with Crippen LogP contribution in [-0.2, 0) is 18.4 Å². The highest BCUT2D eigenvalue weighted by molar-refractivity contribution is 7.45. The Labute approximate surface area is 346 Å². The molecule has 0 spiro atoms. The van der Waals surface area contributed by atoms with Crippen molar-refractivity contribution in [3.63, 3.8) is 0 Å². The second kappa shape index (κ2) is 38.4.